The van der Waals surface area contributed by atoms with Gasteiger partial charge < -0.3 is 0 Å². The van der Waals surface area contributed by atoms with Gasteiger partial charge in [-0.2, -0.15) is 10.4 Å². The van der Waals surface area contributed by atoms with Gasteiger partial charge in [0, 0.05) is 12.3 Å². The highest BCUT2D eigenvalue weighted by molar-refractivity contribution is 5.11. The predicted octanol–water partition coefficient (Wildman–Crippen LogP) is 2.27. The van der Waals surface area contributed by atoms with Gasteiger partial charge in [0.2, 0.25) is 0 Å². The lowest BCUT2D eigenvalue weighted by Crippen LogP contribution is -2.14. The van der Waals surface area contributed by atoms with Gasteiger partial charge in [-0.1, -0.05) is 20.3 Å². The van der Waals surface area contributed by atoms with E-state index in [2.05, 4.69) is 30.0 Å². The Labute approximate surface area is 89.9 Å². The number of aromatic nitrogens is 3. The Morgan fingerprint density at radius 3 is 2.87 bits per heavy atom. The van der Waals surface area contributed by atoms with Crippen LogP contribution in [0.3, 0.4) is 0 Å². The first-order chi connectivity index (χ1) is 7.33. The summed E-state index contributed by atoms with van der Waals surface area (Å²) < 4.78 is 2.02. The summed E-state index contributed by atoms with van der Waals surface area (Å²) in [6, 6.07) is 2.70. The van der Waals surface area contributed by atoms with Gasteiger partial charge in [-0.3, -0.25) is 0 Å². The molecule has 0 radical (unpaired) electrons. The summed E-state index contributed by atoms with van der Waals surface area (Å²) in [4.78, 5) is 4.29. The Morgan fingerprint density at radius 1 is 1.47 bits per heavy atom. The molecule has 0 fully saturated rings. The molecule has 1 aliphatic rings. The molecule has 2 heterocycles. The van der Waals surface area contributed by atoms with E-state index in [1.54, 1.807) is 6.33 Å². The van der Waals surface area contributed by atoms with Gasteiger partial charge in [0.1, 0.15) is 12.2 Å². The van der Waals surface area contributed by atoms with Crippen LogP contribution >= 0.6 is 0 Å². The molecular formula is C11H16N4. The molecule has 0 unspecified atom stereocenters. The van der Waals surface area contributed by atoms with Crippen molar-refractivity contribution in [1.82, 2.24) is 14.8 Å². The average molecular weight is 204 g/mol. The van der Waals surface area contributed by atoms with Crippen LogP contribution in [0.15, 0.2) is 6.33 Å². The highest BCUT2D eigenvalue weighted by atomic mass is 15.4. The van der Waals surface area contributed by atoms with E-state index in [0.717, 1.165) is 18.7 Å². The topological polar surface area (TPSA) is 54.5 Å². The number of nitriles is 1. The molecule has 1 aliphatic heterocycles. The van der Waals surface area contributed by atoms with Gasteiger partial charge in [0.15, 0.2) is 0 Å². The summed E-state index contributed by atoms with van der Waals surface area (Å²) in [5.74, 6) is 1.83. The van der Waals surface area contributed by atoms with Crippen molar-refractivity contribution in [2.24, 2.45) is 5.92 Å². The maximum absolute atomic E-state index is 8.85. The minimum Gasteiger partial charge on any atom is -0.246 e. The van der Waals surface area contributed by atoms with Crippen molar-refractivity contribution in [3.63, 3.8) is 0 Å². The molecule has 1 aromatic heterocycles. The van der Waals surface area contributed by atoms with Crippen LogP contribution in [0.5, 0.6) is 0 Å². The second kappa shape index (κ2) is 4.01. The first-order valence-electron chi connectivity index (χ1n) is 5.59. The third-order valence-electron chi connectivity index (χ3n) is 3.46. The number of hydrogen-bond acceptors (Lipinski definition) is 3. The smallest absolute Gasteiger partial charge is 0.138 e. The van der Waals surface area contributed by atoms with Crippen molar-refractivity contribution in [3.8, 4) is 6.07 Å². The van der Waals surface area contributed by atoms with Crippen molar-refractivity contribution in [2.75, 3.05) is 0 Å². The molecule has 3 atom stereocenters. The summed E-state index contributed by atoms with van der Waals surface area (Å²) in [5.41, 5.74) is 0. The molecular weight excluding hydrogens is 188 g/mol. The number of nitrogens with zero attached hydrogens (tertiary/aromatic N) is 4. The molecule has 0 aliphatic carbocycles. The van der Waals surface area contributed by atoms with Crippen molar-refractivity contribution in [3.05, 3.63) is 12.2 Å². The molecule has 80 valence electrons. The lowest BCUT2D eigenvalue weighted by molar-refractivity contribution is 0.309. The van der Waals surface area contributed by atoms with Crippen LogP contribution in [0.2, 0.25) is 0 Å². The van der Waals surface area contributed by atoms with Crippen LogP contribution in [0.25, 0.3) is 0 Å². The van der Waals surface area contributed by atoms with E-state index in [4.69, 9.17) is 5.26 Å². The summed E-state index contributed by atoms with van der Waals surface area (Å²) in [6.07, 6.45) is 4.33. The molecule has 0 bridgehead atoms. The summed E-state index contributed by atoms with van der Waals surface area (Å²) >= 11 is 0. The quantitative estimate of drug-likeness (QED) is 0.758. The average Bonchev–Trinajstić information content (AvgIpc) is 2.79. The second-order valence-electron chi connectivity index (χ2n) is 4.08. The fraction of sp³-hybridized carbons (Fsp3) is 0.727. The molecule has 0 spiro atoms. The Balaban J connectivity index is 2.36. The van der Waals surface area contributed by atoms with Crippen molar-refractivity contribution in [2.45, 2.75) is 45.1 Å². The zero-order valence-corrected chi connectivity index (χ0v) is 9.22. The highest BCUT2D eigenvalue weighted by Crippen LogP contribution is 2.44. The third-order valence-corrected chi connectivity index (χ3v) is 3.46. The van der Waals surface area contributed by atoms with E-state index in [-0.39, 0.29) is 5.92 Å². The highest BCUT2D eigenvalue weighted by Gasteiger charge is 2.40. The van der Waals surface area contributed by atoms with Crippen molar-refractivity contribution < 1.29 is 0 Å². The van der Waals surface area contributed by atoms with Crippen LogP contribution in [-0.4, -0.2) is 14.8 Å². The van der Waals surface area contributed by atoms with Gasteiger partial charge in [0.25, 0.3) is 0 Å². The number of fused-ring (bicyclic) bond motifs is 1. The van der Waals surface area contributed by atoms with Crippen molar-refractivity contribution >= 4 is 0 Å². The Bertz CT molecular complexity index is 376. The fourth-order valence-electron chi connectivity index (χ4n) is 2.79. The SMILES string of the molecule is CC[C@H]1[C@H](CC#N)c2ncnn2[C@H]1CC. The zero-order valence-electron chi connectivity index (χ0n) is 9.22. The summed E-state index contributed by atoms with van der Waals surface area (Å²) in [5, 5.41) is 13.1. The Morgan fingerprint density at radius 2 is 2.27 bits per heavy atom. The lowest BCUT2D eigenvalue weighted by Gasteiger charge is -2.20. The van der Waals surface area contributed by atoms with Crippen LogP contribution in [0, 0.1) is 17.2 Å². The standard InChI is InChI=1S/C11H16N4/c1-3-8-9(5-6-12)11-13-7-14-15(11)10(8)4-2/h7-10H,3-5H2,1-2H3/t8-,9-,10-/m0/s1. The predicted molar refractivity (Wildman–Crippen MR) is 56.1 cm³/mol. The molecule has 15 heavy (non-hydrogen) atoms. The fourth-order valence-corrected chi connectivity index (χ4v) is 2.79. The van der Waals surface area contributed by atoms with E-state index in [1.165, 1.54) is 0 Å². The minimum atomic E-state index is 0.285. The van der Waals surface area contributed by atoms with E-state index in [9.17, 15) is 0 Å². The van der Waals surface area contributed by atoms with Gasteiger partial charge in [0.05, 0.1) is 12.1 Å². The normalized spacial score (nSPS) is 28.7. The van der Waals surface area contributed by atoms with E-state index >= 15 is 0 Å². The molecule has 1 aromatic rings. The van der Waals surface area contributed by atoms with Crippen LogP contribution < -0.4 is 0 Å². The zero-order chi connectivity index (χ0) is 10.8. The minimum absolute atomic E-state index is 0.285. The van der Waals surface area contributed by atoms with Gasteiger partial charge in [-0.15, -0.1) is 0 Å². The van der Waals surface area contributed by atoms with E-state index < -0.39 is 0 Å². The molecule has 4 heteroatoms. The first-order valence-corrected chi connectivity index (χ1v) is 5.59. The van der Waals surface area contributed by atoms with Gasteiger partial charge in [-0.25, -0.2) is 9.67 Å². The largest absolute Gasteiger partial charge is 0.246 e. The van der Waals surface area contributed by atoms with Gasteiger partial charge in [-0.05, 0) is 12.3 Å². The van der Waals surface area contributed by atoms with Crippen LogP contribution in [0.4, 0.5) is 0 Å². The first kappa shape index (κ1) is 10.2. The summed E-state index contributed by atoms with van der Waals surface area (Å²) in [6.45, 7) is 4.36. The van der Waals surface area contributed by atoms with Gasteiger partial charge >= 0.3 is 0 Å². The second-order valence-corrected chi connectivity index (χ2v) is 4.08. The maximum atomic E-state index is 8.85. The van der Waals surface area contributed by atoms with E-state index in [0.29, 0.717) is 18.4 Å². The molecule has 0 saturated heterocycles. The molecule has 0 saturated carbocycles. The molecule has 0 N–H and O–H groups in total. The summed E-state index contributed by atoms with van der Waals surface area (Å²) in [7, 11) is 0. The monoisotopic (exact) mass is 204 g/mol. The maximum Gasteiger partial charge on any atom is 0.138 e. The van der Waals surface area contributed by atoms with Crippen LogP contribution in [-0.2, 0) is 0 Å². The third kappa shape index (κ3) is 1.43. The van der Waals surface area contributed by atoms with E-state index in [1.807, 2.05) is 4.68 Å². The Kier molecular flexibility index (Phi) is 2.72. The molecule has 4 nitrogen and oxygen atoms in total. The number of hydrogen-bond donors (Lipinski definition) is 0. The molecule has 0 amide bonds. The van der Waals surface area contributed by atoms with Crippen LogP contribution in [0.1, 0.15) is 50.9 Å². The Hall–Kier alpha value is -1.37. The number of rotatable bonds is 3. The molecule has 2 rings (SSSR count). The molecule has 0 aromatic carbocycles. The van der Waals surface area contributed by atoms with Crippen molar-refractivity contribution in [1.29, 1.82) is 5.26 Å². The lowest BCUT2D eigenvalue weighted by atomic mass is 9.84.